The summed E-state index contributed by atoms with van der Waals surface area (Å²) in [5.41, 5.74) is 7.26. The molecule has 1 aromatic heterocycles. The number of nitrogen functional groups attached to an aromatic ring is 1. The lowest BCUT2D eigenvalue weighted by Gasteiger charge is -2.25. The summed E-state index contributed by atoms with van der Waals surface area (Å²) in [6, 6.07) is 6.67. The summed E-state index contributed by atoms with van der Waals surface area (Å²) >= 11 is 0. The number of hydrogen-bond acceptors (Lipinski definition) is 4. The Kier molecular flexibility index (Phi) is 4.40. The first-order valence-corrected chi connectivity index (χ1v) is 7.11. The number of rotatable bonds is 4. The van der Waals surface area contributed by atoms with Gasteiger partial charge in [0.2, 0.25) is 0 Å². The molecule has 5 heteroatoms. The Hall–Kier alpha value is -2.17. The van der Waals surface area contributed by atoms with Gasteiger partial charge in [-0.2, -0.15) is 0 Å². The molecule has 0 radical (unpaired) electrons. The minimum Gasteiger partial charge on any atom is -0.383 e. The van der Waals surface area contributed by atoms with E-state index in [1.807, 2.05) is 38.7 Å². The van der Waals surface area contributed by atoms with Crippen molar-refractivity contribution in [1.82, 2.24) is 9.97 Å². The smallest absolute Gasteiger partial charge is 0.146 e. The van der Waals surface area contributed by atoms with E-state index in [-0.39, 0.29) is 11.7 Å². The van der Waals surface area contributed by atoms with Crippen molar-refractivity contribution in [3.8, 4) is 0 Å². The Bertz CT molecular complexity index is 640. The van der Waals surface area contributed by atoms with Crippen molar-refractivity contribution in [2.24, 2.45) is 0 Å². The average Bonchev–Trinajstić information content (AvgIpc) is 2.45. The van der Waals surface area contributed by atoms with E-state index < -0.39 is 0 Å². The van der Waals surface area contributed by atoms with Gasteiger partial charge in [-0.3, -0.25) is 0 Å². The molecule has 0 bridgehead atoms. The van der Waals surface area contributed by atoms with Crippen LogP contribution in [0.1, 0.15) is 38.1 Å². The van der Waals surface area contributed by atoms with E-state index in [4.69, 9.17) is 5.73 Å². The van der Waals surface area contributed by atoms with Crippen LogP contribution in [0.15, 0.2) is 24.3 Å². The SMILES string of the molecule is CCN(c1ccccc1F)c1nc(C(C)C)nc(N)c1C. The zero-order valence-corrected chi connectivity index (χ0v) is 12.9. The van der Waals surface area contributed by atoms with Crippen molar-refractivity contribution >= 4 is 17.3 Å². The van der Waals surface area contributed by atoms with E-state index in [0.717, 1.165) is 5.56 Å². The summed E-state index contributed by atoms with van der Waals surface area (Å²) in [4.78, 5) is 10.7. The first kappa shape index (κ1) is 15.2. The number of anilines is 3. The predicted octanol–water partition coefficient (Wildman–Crippen LogP) is 3.79. The van der Waals surface area contributed by atoms with Gasteiger partial charge in [-0.25, -0.2) is 14.4 Å². The van der Waals surface area contributed by atoms with E-state index in [0.29, 0.717) is 29.7 Å². The molecule has 112 valence electrons. The fourth-order valence-electron chi connectivity index (χ4n) is 2.16. The van der Waals surface area contributed by atoms with Gasteiger partial charge in [-0.1, -0.05) is 26.0 Å². The second kappa shape index (κ2) is 6.08. The summed E-state index contributed by atoms with van der Waals surface area (Å²) in [5.74, 6) is 1.66. The number of nitrogens with zero attached hydrogens (tertiary/aromatic N) is 3. The average molecular weight is 288 g/mol. The molecule has 0 aliphatic rings. The number of halogens is 1. The third-order valence-corrected chi connectivity index (χ3v) is 3.41. The topological polar surface area (TPSA) is 55.0 Å². The highest BCUT2D eigenvalue weighted by Gasteiger charge is 2.19. The fraction of sp³-hybridized carbons (Fsp3) is 0.375. The monoisotopic (exact) mass is 288 g/mol. The van der Waals surface area contributed by atoms with Crippen molar-refractivity contribution in [2.45, 2.75) is 33.6 Å². The van der Waals surface area contributed by atoms with Crippen LogP contribution in [0.5, 0.6) is 0 Å². The number of hydrogen-bond donors (Lipinski definition) is 1. The third-order valence-electron chi connectivity index (χ3n) is 3.41. The molecule has 21 heavy (non-hydrogen) atoms. The van der Waals surface area contributed by atoms with Crippen molar-refractivity contribution < 1.29 is 4.39 Å². The first-order valence-electron chi connectivity index (χ1n) is 7.11. The molecule has 0 aliphatic heterocycles. The van der Waals surface area contributed by atoms with Crippen molar-refractivity contribution in [2.75, 3.05) is 17.2 Å². The molecule has 4 nitrogen and oxygen atoms in total. The maximum absolute atomic E-state index is 14.1. The molecule has 0 amide bonds. The lowest BCUT2D eigenvalue weighted by Crippen LogP contribution is -2.22. The molecule has 0 spiro atoms. The number of benzene rings is 1. The fourth-order valence-corrected chi connectivity index (χ4v) is 2.16. The van der Waals surface area contributed by atoms with Gasteiger partial charge in [0.1, 0.15) is 23.3 Å². The first-order chi connectivity index (χ1) is 9.95. The molecule has 2 aromatic rings. The highest BCUT2D eigenvalue weighted by atomic mass is 19.1. The van der Waals surface area contributed by atoms with Gasteiger partial charge in [0, 0.05) is 18.0 Å². The molecular weight excluding hydrogens is 267 g/mol. The summed E-state index contributed by atoms with van der Waals surface area (Å²) in [6.07, 6.45) is 0. The standard InChI is InChI=1S/C16H21FN4/c1-5-21(13-9-7-6-8-12(13)17)16-11(4)14(18)19-15(20-16)10(2)3/h6-10H,5H2,1-4H3,(H2,18,19,20). The van der Waals surface area contributed by atoms with Crippen LogP contribution in [-0.2, 0) is 0 Å². The van der Waals surface area contributed by atoms with Crippen LogP contribution in [-0.4, -0.2) is 16.5 Å². The largest absolute Gasteiger partial charge is 0.383 e. The zero-order chi connectivity index (χ0) is 15.6. The van der Waals surface area contributed by atoms with Gasteiger partial charge in [0.15, 0.2) is 0 Å². The van der Waals surface area contributed by atoms with Crippen LogP contribution >= 0.6 is 0 Å². The Morgan fingerprint density at radius 1 is 1.24 bits per heavy atom. The van der Waals surface area contributed by atoms with Crippen LogP contribution in [0.2, 0.25) is 0 Å². The van der Waals surface area contributed by atoms with Crippen LogP contribution in [0, 0.1) is 12.7 Å². The summed E-state index contributed by atoms with van der Waals surface area (Å²) < 4.78 is 14.1. The summed E-state index contributed by atoms with van der Waals surface area (Å²) in [6.45, 7) is 8.42. The minimum absolute atomic E-state index is 0.158. The van der Waals surface area contributed by atoms with E-state index >= 15 is 0 Å². The molecule has 1 aromatic carbocycles. The number of nitrogens with two attached hydrogens (primary N) is 1. The van der Waals surface area contributed by atoms with Gasteiger partial charge in [-0.15, -0.1) is 0 Å². The molecule has 0 atom stereocenters. The quantitative estimate of drug-likeness (QED) is 0.930. The van der Waals surface area contributed by atoms with Crippen LogP contribution in [0.4, 0.5) is 21.7 Å². The Morgan fingerprint density at radius 3 is 2.48 bits per heavy atom. The summed E-state index contributed by atoms with van der Waals surface area (Å²) in [7, 11) is 0. The predicted molar refractivity (Wildman–Crippen MR) is 84.4 cm³/mol. The molecule has 2 N–H and O–H groups in total. The molecule has 0 saturated heterocycles. The van der Waals surface area contributed by atoms with E-state index in [1.54, 1.807) is 12.1 Å². The minimum atomic E-state index is -0.276. The molecule has 2 rings (SSSR count). The summed E-state index contributed by atoms with van der Waals surface area (Å²) in [5, 5.41) is 0. The van der Waals surface area contributed by atoms with Crippen LogP contribution in [0.3, 0.4) is 0 Å². The highest BCUT2D eigenvalue weighted by Crippen LogP contribution is 2.31. The lowest BCUT2D eigenvalue weighted by atomic mass is 10.2. The molecule has 1 heterocycles. The Balaban J connectivity index is 2.60. The zero-order valence-electron chi connectivity index (χ0n) is 12.9. The normalized spacial score (nSPS) is 11.0. The van der Waals surface area contributed by atoms with Gasteiger partial charge in [-0.05, 0) is 26.0 Å². The maximum Gasteiger partial charge on any atom is 0.146 e. The Labute approximate surface area is 124 Å². The number of aromatic nitrogens is 2. The van der Waals surface area contributed by atoms with Crippen LogP contribution < -0.4 is 10.6 Å². The molecule has 0 saturated carbocycles. The van der Waals surface area contributed by atoms with Gasteiger partial charge in [0.25, 0.3) is 0 Å². The van der Waals surface area contributed by atoms with Gasteiger partial charge in [0.05, 0.1) is 5.69 Å². The molecule has 0 aliphatic carbocycles. The van der Waals surface area contributed by atoms with E-state index in [2.05, 4.69) is 9.97 Å². The van der Waals surface area contributed by atoms with Gasteiger partial charge >= 0.3 is 0 Å². The van der Waals surface area contributed by atoms with Gasteiger partial charge < -0.3 is 10.6 Å². The van der Waals surface area contributed by atoms with Crippen molar-refractivity contribution in [1.29, 1.82) is 0 Å². The van der Waals surface area contributed by atoms with E-state index in [1.165, 1.54) is 6.07 Å². The van der Waals surface area contributed by atoms with Crippen LogP contribution in [0.25, 0.3) is 0 Å². The number of para-hydroxylation sites is 1. The van der Waals surface area contributed by atoms with Crippen molar-refractivity contribution in [3.63, 3.8) is 0 Å². The third kappa shape index (κ3) is 2.96. The molecule has 0 fully saturated rings. The second-order valence-electron chi connectivity index (χ2n) is 5.27. The Morgan fingerprint density at radius 2 is 1.90 bits per heavy atom. The maximum atomic E-state index is 14.1. The molecule has 0 unspecified atom stereocenters. The molecular formula is C16H21FN4. The van der Waals surface area contributed by atoms with Crippen molar-refractivity contribution in [3.05, 3.63) is 41.5 Å². The lowest BCUT2D eigenvalue weighted by molar-refractivity contribution is 0.624. The second-order valence-corrected chi connectivity index (χ2v) is 5.27. The van der Waals surface area contributed by atoms with E-state index in [9.17, 15) is 4.39 Å². The highest BCUT2D eigenvalue weighted by molar-refractivity contribution is 5.66.